The Bertz CT molecular complexity index is 414. The first-order valence-electron chi connectivity index (χ1n) is 8.29. The number of nitrogens with zero attached hydrogens (tertiary/aromatic N) is 1. The van der Waals surface area contributed by atoms with E-state index in [1.54, 1.807) is 0 Å². The summed E-state index contributed by atoms with van der Waals surface area (Å²) in [6.45, 7) is 9.98. The summed E-state index contributed by atoms with van der Waals surface area (Å²) >= 11 is 0. The fraction of sp³-hybridized carbons (Fsp3) is 0.706. The summed E-state index contributed by atoms with van der Waals surface area (Å²) in [6.07, 6.45) is 8.40. The molecule has 21 heavy (non-hydrogen) atoms. The molecule has 0 spiro atoms. The van der Waals surface area contributed by atoms with Crippen molar-refractivity contribution in [2.45, 2.75) is 72.0 Å². The van der Waals surface area contributed by atoms with E-state index in [9.17, 15) is 4.79 Å². The lowest BCUT2D eigenvalue weighted by molar-refractivity contribution is -0.122. The highest BCUT2D eigenvalue weighted by molar-refractivity contribution is 5.76. The highest BCUT2D eigenvalue weighted by atomic mass is 16.2. The third kappa shape index (κ3) is 6.34. The normalized spacial score (nSPS) is 13.9. The van der Waals surface area contributed by atoms with E-state index in [-0.39, 0.29) is 11.9 Å². The molecule has 0 aromatic carbocycles. The van der Waals surface area contributed by atoms with E-state index in [1.165, 1.54) is 5.56 Å². The molecule has 2 unspecified atom stereocenters. The molecule has 0 fully saturated rings. The zero-order valence-electron chi connectivity index (χ0n) is 14.0. The molecule has 4 heteroatoms. The smallest absolute Gasteiger partial charge is 0.240 e. The second kappa shape index (κ2) is 9.61. The Balaban J connectivity index is 2.52. The summed E-state index contributed by atoms with van der Waals surface area (Å²) in [4.78, 5) is 12.0. The molecule has 120 valence electrons. The lowest BCUT2D eigenvalue weighted by Crippen LogP contribution is -2.34. The highest BCUT2D eigenvalue weighted by Crippen LogP contribution is 2.16. The number of rotatable bonds is 10. The van der Waals surface area contributed by atoms with Crippen molar-refractivity contribution < 1.29 is 4.79 Å². The molecule has 1 amide bonds. The number of hydrogen-bond acceptors (Lipinski definition) is 2. The van der Waals surface area contributed by atoms with Crippen LogP contribution in [0.3, 0.4) is 0 Å². The van der Waals surface area contributed by atoms with Crippen LogP contribution in [0.15, 0.2) is 18.5 Å². The zero-order chi connectivity index (χ0) is 15.7. The van der Waals surface area contributed by atoms with Crippen molar-refractivity contribution in [3.8, 4) is 0 Å². The number of carbonyl (C=O) groups is 1. The largest absolute Gasteiger partial charge is 0.352 e. The first-order chi connectivity index (χ1) is 10.1. The zero-order valence-corrected chi connectivity index (χ0v) is 14.0. The Labute approximate surface area is 129 Å². The number of amides is 1. The van der Waals surface area contributed by atoms with Gasteiger partial charge < -0.3 is 15.2 Å². The van der Waals surface area contributed by atoms with E-state index in [0.717, 1.165) is 32.2 Å². The monoisotopic (exact) mass is 293 g/mol. The van der Waals surface area contributed by atoms with Gasteiger partial charge in [-0.05, 0) is 44.4 Å². The minimum Gasteiger partial charge on any atom is -0.352 e. The predicted octanol–water partition coefficient (Wildman–Crippen LogP) is 3.24. The first-order valence-corrected chi connectivity index (χ1v) is 8.29. The molecule has 0 aliphatic heterocycles. The Kier molecular flexibility index (Phi) is 8.13. The van der Waals surface area contributed by atoms with Gasteiger partial charge in [0.05, 0.1) is 0 Å². The van der Waals surface area contributed by atoms with Crippen molar-refractivity contribution in [2.24, 2.45) is 0 Å². The molecule has 4 nitrogen and oxygen atoms in total. The lowest BCUT2D eigenvalue weighted by Gasteiger charge is -2.15. The molecule has 2 N–H and O–H groups in total. The van der Waals surface area contributed by atoms with E-state index in [1.807, 2.05) is 10.8 Å². The average molecular weight is 293 g/mol. The Hall–Kier alpha value is -1.29. The van der Waals surface area contributed by atoms with Crippen molar-refractivity contribution in [3.05, 3.63) is 24.0 Å². The van der Waals surface area contributed by atoms with Gasteiger partial charge in [-0.15, -0.1) is 0 Å². The molecule has 0 saturated heterocycles. The van der Waals surface area contributed by atoms with Crippen molar-refractivity contribution in [1.29, 1.82) is 0 Å². The van der Waals surface area contributed by atoms with E-state index < -0.39 is 0 Å². The van der Waals surface area contributed by atoms with Gasteiger partial charge >= 0.3 is 0 Å². The Morgan fingerprint density at radius 2 is 2.05 bits per heavy atom. The highest BCUT2D eigenvalue weighted by Gasteiger charge is 2.11. The lowest BCUT2D eigenvalue weighted by atomic mass is 10.1. The summed E-state index contributed by atoms with van der Waals surface area (Å²) in [5, 5.41) is 6.58. The molecular formula is C17H31N3O. The maximum Gasteiger partial charge on any atom is 0.240 e. The van der Waals surface area contributed by atoms with E-state index in [2.05, 4.69) is 50.6 Å². The number of carbonyl (C=O) groups excluding carboxylic acids is 1. The van der Waals surface area contributed by atoms with E-state index >= 15 is 0 Å². The third-order valence-corrected chi connectivity index (χ3v) is 3.68. The van der Waals surface area contributed by atoms with E-state index in [4.69, 9.17) is 0 Å². The van der Waals surface area contributed by atoms with Crippen LogP contribution in [0.2, 0.25) is 0 Å². The average Bonchev–Trinajstić information content (AvgIpc) is 2.88. The molecule has 0 radical (unpaired) electrons. The van der Waals surface area contributed by atoms with Crippen LogP contribution in [0.25, 0.3) is 0 Å². The van der Waals surface area contributed by atoms with Crippen LogP contribution in [0, 0.1) is 0 Å². The second-order valence-corrected chi connectivity index (χ2v) is 5.79. The maximum atomic E-state index is 12.0. The van der Waals surface area contributed by atoms with Crippen LogP contribution in [-0.2, 0) is 11.3 Å². The quantitative estimate of drug-likeness (QED) is 0.695. The summed E-state index contributed by atoms with van der Waals surface area (Å²) in [5.41, 5.74) is 1.26. The molecule has 1 aromatic heterocycles. The van der Waals surface area contributed by atoms with Crippen molar-refractivity contribution in [2.75, 3.05) is 6.54 Å². The molecule has 1 rings (SSSR count). The predicted molar refractivity (Wildman–Crippen MR) is 88.3 cm³/mol. The van der Waals surface area contributed by atoms with Gasteiger partial charge in [0, 0.05) is 24.5 Å². The van der Waals surface area contributed by atoms with Gasteiger partial charge in [-0.1, -0.05) is 27.2 Å². The van der Waals surface area contributed by atoms with Crippen LogP contribution >= 0.6 is 0 Å². The van der Waals surface area contributed by atoms with Crippen molar-refractivity contribution in [3.63, 3.8) is 0 Å². The minimum atomic E-state index is 0.0904. The summed E-state index contributed by atoms with van der Waals surface area (Å²) < 4.78 is 1.97. The third-order valence-electron chi connectivity index (χ3n) is 3.68. The van der Waals surface area contributed by atoms with Gasteiger partial charge in [0.2, 0.25) is 5.91 Å². The van der Waals surface area contributed by atoms with Gasteiger partial charge in [-0.25, -0.2) is 0 Å². The number of hydrogen-bond donors (Lipinski definition) is 2. The van der Waals surface area contributed by atoms with Crippen LogP contribution in [-0.4, -0.2) is 23.1 Å². The van der Waals surface area contributed by atoms with E-state index in [0.29, 0.717) is 12.6 Å². The molecule has 0 saturated carbocycles. The van der Waals surface area contributed by atoms with Crippen LogP contribution in [0.5, 0.6) is 0 Å². The topological polar surface area (TPSA) is 46.1 Å². The van der Waals surface area contributed by atoms with Gasteiger partial charge in [0.25, 0.3) is 0 Å². The molecule has 2 atom stereocenters. The van der Waals surface area contributed by atoms with Crippen LogP contribution < -0.4 is 10.6 Å². The first kappa shape index (κ1) is 17.8. The molecule has 1 aromatic rings. The maximum absolute atomic E-state index is 12.0. The summed E-state index contributed by atoms with van der Waals surface area (Å²) in [6, 6.07) is 2.75. The van der Waals surface area contributed by atoms with Crippen LogP contribution in [0.4, 0.5) is 0 Å². The second-order valence-electron chi connectivity index (χ2n) is 5.79. The SMILES string of the molecule is CCCNC(CC)c1ccn(CC(=O)NC(C)CCC)c1. The Morgan fingerprint density at radius 1 is 1.29 bits per heavy atom. The fourth-order valence-electron chi connectivity index (χ4n) is 2.57. The number of aromatic nitrogens is 1. The standard InChI is InChI=1S/C17H31N3O/c1-5-8-14(4)19-17(21)13-20-11-9-15(12-20)16(7-3)18-10-6-2/h9,11-12,14,16,18H,5-8,10,13H2,1-4H3,(H,19,21). The minimum absolute atomic E-state index is 0.0904. The van der Waals surface area contributed by atoms with Gasteiger partial charge in [0.15, 0.2) is 0 Å². The Morgan fingerprint density at radius 3 is 2.67 bits per heavy atom. The molecule has 1 heterocycles. The van der Waals surface area contributed by atoms with Crippen LogP contribution in [0.1, 0.15) is 65.0 Å². The van der Waals surface area contributed by atoms with Gasteiger partial charge in [-0.3, -0.25) is 4.79 Å². The summed E-state index contributed by atoms with van der Waals surface area (Å²) in [5.74, 6) is 0.0904. The fourth-order valence-corrected chi connectivity index (χ4v) is 2.57. The van der Waals surface area contributed by atoms with Crippen molar-refractivity contribution >= 4 is 5.91 Å². The summed E-state index contributed by atoms with van der Waals surface area (Å²) in [7, 11) is 0. The molecule has 0 aliphatic carbocycles. The molecular weight excluding hydrogens is 262 g/mol. The molecule has 0 bridgehead atoms. The molecule has 0 aliphatic rings. The van der Waals surface area contributed by atoms with Gasteiger partial charge in [0.1, 0.15) is 6.54 Å². The van der Waals surface area contributed by atoms with Crippen molar-refractivity contribution in [1.82, 2.24) is 15.2 Å². The number of nitrogens with one attached hydrogen (secondary N) is 2. The van der Waals surface area contributed by atoms with Gasteiger partial charge in [-0.2, -0.15) is 0 Å².